The lowest BCUT2D eigenvalue weighted by Crippen LogP contribution is -1.86. The van der Waals surface area contributed by atoms with E-state index in [0.717, 1.165) is 32.1 Å². The standard InChI is InChI=1S/C6H12O.C5H10O.CH4/c1-3-4-5-6(2)7;1-3-4-5(2)6;/h3-5H2,1-2H3;3-4H2,1-2H3;1H4. The molecule has 0 aliphatic carbocycles. The summed E-state index contributed by atoms with van der Waals surface area (Å²) in [5.41, 5.74) is 0. The fourth-order valence-corrected chi connectivity index (χ4v) is 0.778. The van der Waals surface area contributed by atoms with Gasteiger partial charge in [-0.1, -0.05) is 27.7 Å². The summed E-state index contributed by atoms with van der Waals surface area (Å²) < 4.78 is 0. The van der Waals surface area contributed by atoms with Gasteiger partial charge in [0.2, 0.25) is 0 Å². The summed E-state index contributed by atoms with van der Waals surface area (Å²) in [6.45, 7) is 7.34. The monoisotopic (exact) mass is 202 g/mol. The number of hydrogen-bond donors (Lipinski definition) is 0. The number of rotatable bonds is 5. The minimum Gasteiger partial charge on any atom is -0.300 e. The lowest BCUT2D eigenvalue weighted by atomic mass is 10.2. The summed E-state index contributed by atoms with van der Waals surface area (Å²) in [5, 5.41) is 0. The van der Waals surface area contributed by atoms with Gasteiger partial charge in [-0.25, -0.2) is 0 Å². The van der Waals surface area contributed by atoms with Gasteiger partial charge < -0.3 is 9.59 Å². The molecule has 0 bridgehead atoms. The van der Waals surface area contributed by atoms with Crippen molar-refractivity contribution >= 4 is 11.6 Å². The molecular formula is C12H26O2. The van der Waals surface area contributed by atoms with Crippen molar-refractivity contribution in [3.63, 3.8) is 0 Å². The van der Waals surface area contributed by atoms with E-state index in [4.69, 9.17) is 0 Å². The molecule has 0 amide bonds. The SMILES string of the molecule is C.CCCC(C)=O.CCCCC(C)=O. The van der Waals surface area contributed by atoms with Gasteiger partial charge in [0.15, 0.2) is 0 Å². The third kappa shape index (κ3) is 30.2. The van der Waals surface area contributed by atoms with Crippen molar-refractivity contribution in [3.05, 3.63) is 0 Å². The van der Waals surface area contributed by atoms with Crippen molar-refractivity contribution in [3.8, 4) is 0 Å². The van der Waals surface area contributed by atoms with E-state index in [0.29, 0.717) is 5.78 Å². The molecule has 0 N–H and O–H groups in total. The summed E-state index contributed by atoms with van der Waals surface area (Å²) in [5.74, 6) is 0.597. The largest absolute Gasteiger partial charge is 0.300 e. The predicted molar refractivity (Wildman–Crippen MR) is 62.5 cm³/mol. The first kappa shape index (κ1) is 19.0. The van der Waals surface area contributed by atoms with Crippen LogP contribution >= 0.6 is 0 Å². The lowest BCUT2D eigenvalue weighted by Gasteiger charge is -1.86. The molecule has 0 fully saturated rings. The molecule has 0 unspecified atom stereocenters. The zero-order valence-electron chi connectivity index (χ0n) is 9.35. The van der Waals surface area contributed by atoms with E-state index in [1.165, 1.54) is 0 Å². The Labute approximate surface area is 89.1 Å². The highest BCUT2D eigenvalue weighted by atomic mass is 16.1. The van der Waals surface area contributed by atoms with E-state index >= 15 is 0 Å². The maximum Gasteiger partial charge on any atom is 0.129 e. The van der Waals surface area contributed by atoms with Crippen LogP contribution in [0.2, 0.25) is 0 Å². The van der Waals surface area contributed by atoms with E-state index < -0.39 is 0 Å². The average Bonchev–Trinajstić information content (AvgIpc) is 2.01. The highest BCUT2D eigenvalue weighted by Crippen LogP contribution is 1.92. The van der Waals surface area contributed by atoms with Crippen molar-refractivity contribution in [2.45, 2.75) is 67.2 Å². The van der Waals surface area contributed by atoms with Crippen LogP contribution in [-0.4, -0.2) is 11.6 Å². The fourth-order valence-electron chi connectivity index (χ4n) is 0.778. The molecule has 2 heteroatoms. The number of ketones is 2. The molecule has 0 spiro atoms. The highest BCUT2D eigenvalue weighted by molar-refractivity contribution is 5.75. The Balaban J connectivity index is -0.000000163. The Morgan fingerprint density at radius 1 is 0.857 bits per heavy atom. The first-order valence-electron chi connectivity index (χ1n) is 5.03. The van der Waals surface area contributed by atoms with E-state index in [9.17, 15) is 9.59 Å². The van der Waals surface area contributed by atoms with Crippen molar-refractivity contribution in [1.82, 2.24) is 0 Å². The quantitative estimate of drug-likeness (QED) is 0.680. The molecule has 0 aromatic carbocycles. The predicted octanol–water partition coefficient (Wildman–Crippen LogP) is 3.78. The molecule has 0 aromatic heterocycles. The van der Waals surface area contributed by atoms with Gasteiger partial charge in [0, 0.05) is 12.8 Å². The van der Waals surface area contributed by atoms with Gasteiger partial charge in [0.05, 0.1) is 0 Å². The van der Waals surface area contributed by atoms with Gasteiger partial charge in [-0.3, -0.25) is 0 Å². The molecule has 2 nitrogen and oxygen atoms in total. The normalized spacial score (nSPS) is 8.00. The molecule has 0 rings (SSSR count). The number of Topliss-reactive ketones (excluding diaryl/α,β-unsaturated/α-hetero) is 2. The fraction of sp³-hybridized carbons (Fsp3) is 0.833. The number of hydrogen-bond acceptors (Lipinski definition) is 2. The van der Waals surface area contributed by atoms with E-state index in [1.54, 1.807) is 13.8 Å². The van der Waals surface area contributed by atoms with Crippen LogP contribution in [0.4, 0.5) is 0 Å². The summed E-state index contributed by atoms with van der Waals surface area (Å²) in [6, 6.07) is 0. The van der Waals surface area contributed by atoms with E-state index in [1.807, 2.05) is 6.92 Å². The first-order chi connectivity index (χ1) is 6.04. The van der Waals surface area contributed by atoms with Crippen LogP contribution in [0.25, 0.3) is 0 Å². The summed E-state index contributed by atoms with van der Waals surface area (Å²) in [4.78, 5) is 20.2. The lowest BCUT2D eigenvalue weighted by molar-refractivity contribution is -0.117. The number of carbonyl (C=O) groups excluding carboxylic acids is 2. The smallest absolute Gasteiger partial charge is 0.129 e. The molecular weight excluding hydrogens is 176 g/mol. The van der Waals surface area contributed by atoms with E-state index in [-0.39, 0.29) is 13.2 Å². The molecule has 0 atom stereocenters. The maximum atomic E-state index is 10.2. The maximum absolute atomic E-state index is 10.2. The summed E-state index contributed by atoms with van der Waals surface area (Å²) in [6.07, 6.45) is 4.65. The second-order valence-corrected chi connectivity index (χ2v) is 3.26. The third-order valence-electron chi connectivity index (χ3n) is 1.48. The van der Waals surface area contributed by atoms with E-state index in [2.05, 4.69) is 6.92 Å². The van der Waals surface area contributed by atoms with Gasteiger partial charge in [-0.15, -0.1) is 0 Å². The van der Waals surface area contributed by atoms with Crippen LogP contribution in [0.1, 0.15) is 67.2 Å². The van der Waals surface area contributed by atoms with Gasteiger partial charge in [0.25, 0.3) is 0 Å². The average molecular weight is 202 g/mol. The summed E-state index contributed by atoms with van der Waals surface area (Å²) in [7, 11) is 0. The van der Waals surface area contributed by atoms with Crippen LogP contribution in [0.3, 0.4) is 0 Å². The zero-order valence-corrected chi connectivity index (χ0v) is 9.35. The number of carbonyl (C=O) groups is 2. The van der Waals surface area contributed by atoms with Crippen LogP contribution in [-0.2, 0) is 9.59 Å². The minimum atomic E-state index is 0. The van der Waals surface area contributed by atoms with Crippen molar-refractivity contribution in [1.29, 1.82) is 0 Å². The van der Waals surface area contributed by atoms with Crippen molar-refractivity contribution in [2.24, 2.45) is 0 Å². The Morgan fingerprint density at radius 2 is 1.29 bits per heavy atom. The second kappa shape index (κ2) is 14.8. The Bertz CT molecular complexity index is 139. The van der Waals surface area contributed by atoms with Crippen LogP contribution in [0, 0.1) is 0 Å². The van der Waals surface area contributed by atoms with Gasteiger partial charge in [-0.2, -0.15) is 0 Å². The number of unbranched alkanes of at least 4 members (excludes halogenated alkanes) is 1. The molecule has 0 saturated heterocycles. The van der Waals surface area contributed by atoms with Crippen LogP contribution in [0.15, 0.2) is 0 Å². The molecule has 0 heterocycles. The van der Waals surface area contributed by atoms with Gasteiger partial charge in [0.1, 0.15) is 11.6 Å². The van der Waals surface area contributed by atoms with Crippen LogP contribution < -0.4 is 0 Å². The third-order valence-corrected chi connectivity index (χ3v) is 1.48. The topological polar surface area (TPSA) is 34.1 Å². The molecule has 0 radical (unpaired) electrons. The molecule has 14 heavy (non-hydrogen) atoms. The van der Waals surface area contributed by atoms with Gasteiger partial charge >= 0.3 is 0 Å². The molecule has 0 aliphatic heterocycles. The zero-order chi connectivity index (χ0) is 10.7. The Morgan fingerprint density at radius 3 is 1.36 bits per heavy atom. The molecule has 86 valence electrons. The van der Waals surface area contributed by atoms with Crippen molar-refractivity contribution in [2.75, 3.05) is 0 Å². The van der Waals surface area contributed by atoms with Crippen LogP contribution in [0.5, 0.6) is 0 Å². The Hall–Kier alpha value is -0.660. The molecule has 0 saturated carbocycles. The highest BCUT2D eigenvalue weighted by Gasteiger charge is 1.87. The second-order valence-electron chi connectivity index (χ2n) is 3.26. The first-order valence-corrected chi connectivity index (χ1v) is 5.03. The van der Waals surface area contributed by atoms with Crippen molar-refractivity contribution < 1.29 is 9.59 Å². The molecule has 0 aromatic rings. The molecule has 0 aliphatic rings. The minimum absolute atomic E-state index is 0. The Kier molecular flexibility index (Phi) is 20.1. The van der Waals surface area contributed by atoms with Gasteiger partial charge in [-0.05, 0) is 26.7 Å². The summed E-state index contributed by atoms with van der Waals surface area (Å²) >= 11 is 0.